The number of ether oxygens (including phenoxy) is 2. The maximum atomic E-state index is 13.6. The second kappa shape index (κ2) is 9.28. The highest BCUT2D eigenvalue weighted by atomic mass is 35.5. The van der Waals surface area contributed by atoms with Crippen LogP contribution < -0.4 is 9.47 Å². The van der Waals surface area contributed by atoms with Crippen molar-refractivity contribution in [3.8, 4) is 21.9 Å². The molecule has 0 aliphatic carbocycles. The normalized spacial score (nSPS) is 15.9. The number of hydrogen-bond donors (Lipinski definition) is 0. The van der Waals surface area contributed by atoms with Crippen LogP contribution in [0.5, 0.6) is 11.5 Å². The maximum absolute atomic E-state index is 13.6. The molecule has 2 aromatic carbocycles. The van der Waals surface area contributed by atoms with Crippen LogP contribution in [0.15, 0.2) is 42.5 Å². The van der Waals surface area contributed by atoms with Crippen LogP contribution in [0.2, 0.25) is 5.02 Å². The van der Waals surface area contributed by atoms with Gasteiger partial charge in [0, 0.05) is 17.6 Å². The summed E-state index contributed by atoms with van der Waals surface area (Å²) in [5.41, 5.74) is 2.56. The van der Waals surface area contributed by atoms with Gasteiger partial charge in [-0.2, -0.15) is 0 Å². The molecule has 0 bridgehead atoms. The van der Waals surface area contributed by atoms with E-state index in [1.165, 1.54) is 11.3 Å². The highest BCUT2D eigenvalue weighted by Crippen LogP contribution is 2.35. The predicted octanol–water partition coefficient (Wildman–Crippen LogP) is 5.64. The van der Waals surface area contributed by atoms with E-state index >= 15 is 0 Å². The van der Waals surface area contributed by atoms with E-state index in [0.717, 1.165) is 46.8 Å². The molecule has 5 nitrogen and oxygen atoms in total. The van der Waals surface area contributed by atoms with E-state index < -0.39 is 0 Å². The second-order valence-corrected chi connectivity index (χ2v) is 9.25. The van der Waals surface area contributed by atoms with Gasteiger partial charge in [-0.25, -0.2) is 4.98 Å². The summed E-state index contributed by atoms with van der Waals surface area (Å²) in [5, 5.41) is 1.52. The average Bonchev–Trinajstić information content (AvgIpc) is 3.39. The number of carbonyl (C=O) groups excluding carboxylic acids is 1. The number of rotatable bonds is 6. The molecule has 7 heteroatoms. The first kappa shape index (κ1) is 21.7. The molecule has 31 heavy (non-hydrogen) atoms. The smallest absolute Gasteiger partial charge is 0.274 e. The lowest BCUT2D eigenvalue weighted by Crippen LogP contribution is -2.37. The molecule has 1 fully saturated rings. The minimum Gasteiger partial charge on any atom is -0.493 e. The molecule has 1 aliphatic heterocycles. The molecule has 0 saturated carbocycles. The van der Waals surface area contributed by atoms with Crippen LogP contribution in [0.4, 0.5) is 0 Å². The standard InChI is InChI=1S/C24H25ClN2O3S/c1-15-26-22(23(31-15)17-6-4-7-18(25)14-17)24(28)27-11-5-8-19(27)12-16-9-10-20(29-2)21(13-16)30-3/h4,6-7,9-10,13-14,19H,5,8,11-12H2,1-3H3/t19-/m0/s1. The van der Waals surface area contributed by atoms with E-state index in [0.29, 0.717) is 22.2 Å². The summed E-state index contributed by atoms with van der Waals surface area (Å²) in [5.74, 6) is 1.39. The number of likely N-dealkylation sites (tertiary alicyclic amines) is 1. The van der Waals surface area contributed by atoms with Crippen LogP contribution >= 0.6 is 22.9 Å². The molecule has 162 valence electrons. The van der Waals surface area contributed by atoms with Crippen LogP contribution in [0.25, 0.3) is 10.4 Å². The summed E-state index contributed by atoms with van der Waals surface area (Å²) in [6, 6.07) is 13.7. The fraction of sp³-hybridized carbons (Fsp3) is 0.333. The molecule has 1 aromatic heterocycles. The molecule has 1 saturated heterocycles. The Kier molecular flexibility index (Phi) is 6.49. The third-order valence-electron chi connectivity index (χ3n) is 5.58. The number of methoxy groups -OCH3 is 2. The molecule has 1 atom stereocenters. The lowest BCUT2D eigenvalue weighted by Gasteiger charge is -2.25. The average molecular weight is 457 g/mol. The van der Waals surface area contributed by atoms with Crippen molar-refractivity contribution in [2.24, 2.45) is 0 Å². The molecule has 2 heterocycles. The Bertz CT molecular complexity index is 1100. The second-order valence-electron chi connectivity index (χ2n) is 7.61. The number of aryl methyl sites for hydroxylation is 1. The number of nitrogens with zero attached hydrogens (tertiary/aromatic N) is 2. The van der Waals surface area contributed by atoms with Gasteiger partial charge in [-0.05, 0) is 61.6 Å². The largest absolute Gasteiger partial charge is 0.493 e. The van der Waals surface area contributed by atoms with E-state index in [2.05, 4.69) is 4.98 Å². The molecule has 0 N–H and O–H groups in total. The number of aromatic nitrogens is 1. The summed E-state index contributed by atoms with van der Waals surface area (Å²) in [6.07, 6.45) is 2.72. The Morgan fingerprint density at radius 2 is 2.00 bits per heavy atom. The fourth-order valence-corrected chi connectivity index (χ4v) is 5.23. The van der Waals surface area contributed by atoms with Gasteiger partial charge in [-0.1, -0.05) is 29.8 Å². The molecule has 0 spiro atoms. The Labute approximate surface area is 191 Å². The van der Waals surface area contributed by atoms with Crippen molar-refractivity contribution >= 4 is 28.8 Å². The van der Waals surface area contributed by atoms with Crippen molar-refractivity contribution in [1.29, 1.82) is 0 Å². The Morgan fingerprint density at radius 1 is 1.19 bits per heavy atom. The van der Waals surface area contributed by atoms with Crippen LogP contribution in [0, 0.1) is 6.92 Å². The van der Waals surface area contributed by atoms with Gasteiger partial charge in [0.1, 0.15) is 5.69 Å². The van der Waals surface area contributed by atoms with Crippen molar-refractivity contribution in [3.05, 3.63) is 63.8 Å². The van der Waals surface area contributed by atoms with E-state index in [9.17, 15) is 4.79 Å². The van der Waals surface area contributed by atoms with E-state index in [4.69, 9.17) is 21.1 Å². The summed E-state index contributed by atoms with van der Waals surface area (Å²) in [4.78, 5) is 21.0. The third kappa shape index (κ3) is 4.55. The number of hydrogen-bond acceptors (Lipinski definition) is 5. The zero-order valence-electron chi connectivity index (χ0n) is 17.9. The summed E-state index contributed by atoms with van der Waals surface area (Å²) < 4.78 is 10.8. The van der Waals surface area contributed by atoms with Gasteiger partial charge in [0.15, 0.2) is 11.5 Å². The first-order chi connectivity index (χ1) is 15.0. The molecule has 0 radical (unpaired) electrons. The fourth-order valence-electron chi connectivity index (χ4n) is 4.13. The van der Waals surface area contributed by atoms with Gasteiger partial charge in [0.05, 0.1) is 24.1 Å². The highest BCUT2D eigenvalue weighted by Gasteiger charge is 2.32. The van der Waals surface area contributed by atoms with Gasteiger partial charge >= 0.3 is 0 Å². The van der Waals surface area contributed by atoms with Gasteiger partial charge < -0.3 is 14.4 Å². The van der Waals surface area contributed by atoms with Crippen molar-refractivity contribution in [2.45, 2.75) is 32.2 Å². The Morgan fingerprint density at radius 3 is 2.74 bits per heavy atom. The van der Waals surface area contributed by atoms with E-state index in [1.807, 2.05) is 54.3 Å². The lowest BCUT2D eigenvalue weighted by atomic mass is 10.0. The van der Waals surface area contributed by atoms with Crippen molar-refractivity contribution in [3.63, 3.8) is 0 Å². The third-order valence-corrected chi connectivity index (χ3v) is 6.84. The van der Waals surface area contributed by atoms with Crippen LogP contribution in [-0.2, 0) is 6.42 Å². The first-order valence-electron chi connectivity index (χ1n) is 10.3. The molecular weight excluding hydrogens is 432 g/mol. The van der Waals surface area contributed by atoms with Gasteiger partial charge in [-0.3, -0.25) is 4.79 Å². The van der Waals surface area contributed by atoms with Gasteiger partial charge in [0.2, 0.25) is 0 Å². The van der Waals surface area contributed by atoms with Crippen LogP contribution in [-0.4, -0.2) is 42.6 Å². The van der Waals surface area contributed by atoms with Crippen molar-refractivity contribution < 1.29 is 14.3 Å². The zero-order valence-corrected chi connectivity index (χ0v) is 19.4. The molecule has 4 rings (SSSR count). The Hall–Kier alpha value is -2.57. The van der Waals surface area contributed by atoms with Gasteiger partial charge in [-0.15, -0.1) is 11.3 Å². The topological polar surface area (TPSA) is 51.7 Å². The number of benzene rings is 2. The van der Waals surface area contributed by atoms with E-state index in [1.54, 1.807) is 14.2 Å². The number of halogens is 1. The van der Waals surface area contributed by atoms with Crippen LogP contribution in [0.3, 0.4) is 0 Å². The van der Waals surface area contributed by atoms with Crippen LogP contribution in [0.1, 0.15) is 33.9 Å². The number of carbonyl (C=O) groups is 1. The quantitative estimate of drug-likeness (QED) is 0.482. The minimum absolute atomic E-state index is 0.0118. The summed E-state index contributed by atoms with van der Waals surface area (Å²) in [7, 11) is 3.26. The molecule has 1 amide bonds. The lowest BCUT2D eigenvalue weighted by molar-refractivity contribution is 0.0732. The predicted molar refractivity (Wildman–Crippen MR) is 125 cm³/mol. The number of thiazole rings is 1. The SMILES string of the molecule is COc1ccc(C[C@@H]2CCCN2C(=O)c2nc(C)sc2-c2cccc(Cl)c2)cc1OC. The van der Waals surface area contributed by atoms with Crippen molar-refractivity contribution in [2.75, 3.05) is 20.8 Å². The Balaban J connectivity index is 1.59. The number of amides is 1. The van der Waals surface area contributed by atoms with Gasteiger partial charge in [0.25, 0.3) is 5.91 Å². The minimum atomic E-state index is -0.0118. The van der Waals surface area contributed by atoms with Crippen molar-refractivity contribution in [1.82, 2.24) is 9.88 Å². The molecule has 0 unspecified atom stereocenters. The highest BCUT2D eigenvalue weighted by molar-refractivity contribution is 7.15. The maximum Gasteiger partial charge on any atom is 0.274 e. The monoisotopic (exact) mass is 456 g/mol. The molecular formula is C24H25ClN2O3S. The zero-order chi connectivity index (χ0) is 22.0. The molecule has 1 aliphatic rings. The summed E-state index contributed by atoms with van der Waals surface area (Å²) in [6.45, 7) is 2.67. The first-order valence-corrected chi connectivity index (χ1v) is 11.4. The van der Waals surface area contributed by atoms with E-state index in [-0.39, 0.29) is 11.9 Å². The molecule has 3 aromatic rings. The summed E-state index contributed by atoms with van der Waals surface area (Å²) >= 11 is 7.72.